The van der Waals surface area contributed by atoms with Crippen LogP contribution in [-0.4, -0.2) is 42.2 Å². The molecule has 8 nitrogen and oxygen atoms in total. The maximum Gasteiger partial charge on any atom is 0.459 e. The van der Waals surface area contributed by atoms with E-state index < -0.39 is 52.5 Å². The molecule has 0 radical (unpaired) electrons. The molecule has 2 aromatic heterocycles. The number of nitrogens with one attached hydrogen (secondary N) is 1. The third-order valence-electron chi connectivity index (χ3n) is 5.74. The fourth-order valence-electron chi connectivity index (χ4n) is 3.63. The predicted molar refractivity (Wildman–Crippen MR) is 114 cm³/mol. The summed E-state index contributed by atoms with van der Waals surface area (Å²) in [6, 6.07) is 5.74. The van der Waals surface area contributed by atoms with E-state index in [0.717, 1.165) is 18.8 Å². The minimum Gasteiger partial charge on any atom is -0.334 e. The molecule has 0 saturated heterocycles. The molecule has 1 N–H and O–H groups in total. The van der Waals surface area contributed by atoms with Crippen LogP contribution in [0.25, 0.3) is 22.9 Å². The minimum atomic E-state index is -6.35. The Labute approximate surface area is 212 Å². The van der Waals surface area contributed by atoms with E-state index in [9.17, 15) is 45.2 Å². The Balaban J connectivity index is 1.82. The first kappa shape index (κ1) is 27.3. The second-order valence-corrected chi connectivity index (χ2v) is 8.90. The number of rotatable bonds is 5. The second kappa shape index (κ2) is 8.65. The lowest BCUT2D eigenvalue weighted by atomic mass is 10.1. The Morgan fingerprint density at radius 1 is 1.08 bits per heavy atom. The first-order valence-electron chi connectivity index (χ1n) is 10.5. The molecule has 0 atom stereocenters. The number of amides is 1. The number of carbonyl (C=O) groups is 1. The van der Waals surface area contributed by atoms with Crippen LogP contribution in [0.2, 0.25) is 5.02 Å². The van der Waals surface area contributed by atoms with Crippen LogP contribution in [-0.2, 0) is 26.2 Å². The van der Waals surface area contributed by atoms with Crippen molar-refractivity contribution < 1.29 is 39.9 Å². The highest BCUT2D eigenvalue weighted by Crippen LogP contribution is 2.50. The molecule has 0 bridgehead atoms. The Bertz CT molecular complexity index is 1480. The Kier molecular flexibility index (Phi) is 6.21. The van der Waals surface area contributed by atoms with Crippen LogP contribution in [0.1, 0.15) is 34.5 Å². The van der Waals surface area contributed by atoms with Crippen molar-refractivity contribution in [2.24, 2.45) is 14.1 Å². The third kappa shape index (κ3) is 4.55. The molecule has 1 aliphatic carbocycles. The second-order valence-electron chi connectivity index (χ2n) is 8.49. The van der Waals surface area contributed by atoms with Gasteiger partial charge in [-0.25, -0.2) is 9.67 Å². The van der Waals surface area contributed by atoms with Crippen molar-refractivity contribution in [2.75, 3.05) is 0 Å². The molecular formula is C21H14ClF8N7O. The molecule has 17 heteroatoms. The van der Waals surface area contributed by atoms with Crippen molar-refractivity contribution in [3.8, 4) is 29.0 Å². The third-order valence-corrected chi connectivity index (χ3v) is 6.07. The number of hydrogen-bond acceptors (Lipinski definition) is 5. The normalized spacial score (nSPS) is 15.3. The highest BCUT2D eigenvalue weighted by molar-refractivity contribution is 6.34. The Hall–Kier alpha value is -3.74. The summed E-state index contributed by atoms with van der Waals surface area (Å²) in [5.41, 5.74) is -7.13. The molecule has 4 rings (SSSR count). The maximum absolute atomic E-state index is 14.0. The molecule has 2 heterocycles. The molecule has 0 aliphatic heterocycles. The van der Waals surface area contributed by atoms with E-state index in [2.05, 4.69) is 20.5 Å². The molecule has 1 aromatic carbocycles. The van der Waals surface area contributed by atoms with Gasteiger partial charge in [0, 0.05) is 19.7 Å². The van der Waals surface area contributed by atoms with E-state index >= 15 is 0 Å². The van der Waals surface area contributed by atoms with Gasteiger partial charge in [-0.05, 0) is 31.0 Å². The molecule has 1 fully saturated rings. The van der Waals surface area contributed by atoms with Crippen LogP contribution >= 0.6 is 11.6 Å². The number of aromatic nitrogens is 5. The van der Waals surface area contributed by atoms with E-state index in [0.29, 0.717) is 12.8 Å². The standard InChI is InChI=1S/C21H14ClF8N7O/c1-36-13(12(20(25,26)27)14(34-36)19(23,24)21(28,29)30)16-32-15(35-37(16)2)9-3-4-11(22)10(7-9)17(38)33-18(8-31)5-6-18/h3-4,7H,5-6H2,1-2H3,(H,33,38). The molecule has 0 spiro atoms. The van der Waals surface area contributed by atoms with Crippen molar-refractivity contribution in [2.45, 2.75) is 36.7 Å². The summed E-state index contributed by atoms with van der Waals surface area (Å²) in [5, 5.41) is 18.5. The zero-order chi connectivity index (χ0) is 28.4. The highest BCUT2D eigenvalue weighted by Gasteiger charge is 2.64. The number of halogens is 9. The summed E-state index contributed by atoms with van der Waals surface area (Å²) in [5.74, 6) is -7.66. The quantitative estimate of drug-likeness (QED) is 0.438. The zero-order valence-corrected chi connectivity index (χ0v) is 19.9. The summed E-state index contributed by atoms with van der Waals surface area (Å²) in [4.78, 5) is 16.6. The monoisotopic (exact) mass is 567 g/mol. The Morgan fingerprint density at radius 2 is 1.71 bits per heavy atom. The van der Waals surface area contributed by atoms with Gasteiger partial charge in [0.2, 0.25) is 0 Å². The van der Waals surface area contributed by atoms with Crippen LogP contribution < -0.4 is 5.32 Å². The number of alkyl halides is 8. The van der Waals surface area contributed by atoms with Gasteiger partial charge in [0.15, 0.2) is 17.3 Å². The number of aryl methyl sites for hydroxylation is 2. The molecule has 3 aromatic rings. The topological polar surface area (TPSA) is 101 Å². The summed E-state index contributed by atoms with van der Waals surface area (Å²) in [6.45, 7) is 0. The van der Waals surface area contributed by atoms with Crippen LogP contribution in [0.5, 0.6) is 0 Å². The van der Waals surface area contributed by atoms with E-state index in [1.54, 1.807) is 0 Å². The van der Waals surface area contributed by atoms with Gasteiger partial charge in [-0.2, -0.15) is 50.6 Å². The lowest BCUT2D eigenvalue weighted by molar-refractivity contribution is -0.292. The molecular weight excluding hydrogens is 554 g/mol. The first-order valence-corrected chi connectivity index (χ1v) is 10.8. The minimum absolute atomic E-state index is 0.0267. The molecule has 1 aliphatic rings. The van der Waals surface area contributed by atoms with Gasteiger partial charge in [-0.15, -0.1) is 0 Å². The number of benzene rings is 1. The molecule has 202 valence electrons. The maximum atomic E-state index is 14.0. The zero-order valence-electron chi connectivity index (χ0n) is 19.1. The van der Waals surface area contributed by atoms with E-state index in [1.165, 1.54) is 18.2 Å². The van der Waals surface area contributed by atoms with Gasteiger partial charge in [-0.1, -0.05) is 11.6 Å². The lowest BCUT2D eigenvalue weighted by Crippen LogP contribution is -2.36. The molecule has 38 heavy (non-hydrogen) atoms. The van der Waals surface area contributed by atoms with Crippen molar-refractivity contribution >= 4 is 17.5 Å². The number of nitriles is 1. The predicted octanol–water partition coefficient (Wildman–Crippen LogP) is 4.99. The fourth-order valence-corrected chi connectivity index (χ4v) is 3.83. The fraction of sp³-hybridized carbons (Fsp3) is 0.381. The summed E-state index contributed by atoms with van der Waals surface area (Å²) in [6.07, 6.45) is -11.2. The van der Waals surface area contributed by atoms with Gasteiger partial charge in [0.1, 0.15) is 16.8 Å². The van der Waals surface area contributed by atoms with Gasteiger partial charge >= 0.3 is 18.3 Å². The largest absolute Gasteiger partial charge is 0.459 e. The van der Waals surface area contributed by atoms with Crippen molar-refractivity contribution in [1.29, 1.82) is 5.26 Å². The summed E-state index contributed by atoms with van der Waals surface area (Å²) >= 11 is 6.09. The smallest absolute Gasteiger partial charge is 0.334 e. The molecule has 0 unspecified atom stereocenters. The van der Waals surface area contributed by atoms with Crippen molar-refractivity contribution in [3.63, 3.8) is 0 Å². The number of nitrogens with zero attached hydrogens (tertiary/aromatic N) is 6. The average molecular weight is 568 g/mol. The first-order chi connectivity index (χ1) is 17.4. The van der Waals surface area contributed by atoms with E-state index in [1.807, 2.05) is 6.07 Å². The number of hydrogen-bond donors (Lipinski definition) is 1. The van der Waals surface area contributed by atoms with Crippen molar-refractivity contribution in [1.82, 2.24) is 29.9 Å². The van der Waals surface area contributed by atoms with Gasteiger partial charge in [0.05, 0.1) is 16.7 Å². The van der Waals surface area contributed by atoms with E-state index in [-0.39, 0.29) is 26.7 Å². The highest BCUT2D eigenvalue weighted by atomic mass is 35.5. The van der Waals surface area contributed by atoms with Crippen LogP contribution in [0.15, 0.2) is 18.2 Å². The average Bonchev–Trinajstić information content (AvgIpc) is 3.32. The summed E-state index contributed by atoms with van der Waals surface area (Å²) < 4.78 is 109. The Morgan fingerprint density at radius 3 is 2.24 bits per heavy atom. The van der Waals surface area contributed by atoms with Gasteiger partial charge in [0.25, 0.3) is 5.91 Å². The van der Waals surface area contributed by atoms with Crippen molar-refractivity contribution in [3.05, 3.63) is 40.0 Å². The summed E-state index contributed by atoms with van der Waals surface area (Å²) in [7, 11) is 1.84. The molecule has 1 amide bonds. The lowest BCUT2D eigenvalue weighted by Gasteiger charge is -2.19. The van der Waals surface area contributed by atoms with Crippen LogP contribution in [0, 0.1) is 11.3 Å². The van der Waals surface area contributed by atoms with E-state index in [4.69, 9.17) is 11.6 Å². The van der Waals surface area contributed by atoms with Crippen LogP contribution in [0.3, 0.4) is 0 Å². The van der Waals surface area contributed by atoms with Crippen LogP contribution in [0.4, 0.5) is 35.1 Å². The number of carbonyl (C=O) groups excluding carboxylic acids is 1. The SMILES string of the molecule is Cn1nc(-c2ccc(Cl)c(C(=O)NC3(C#N)CC3)c2)nc1-c1c(C(F)(F)F)c(C(F)(F)C(F)(F)F)nn1C. The van der Waals surface area contributed by atoms with Gasteiger partial charge < -0.3 is 5.32 Å². The molecule has 1 saturated carbocycles. The van der Waals surface area contributed by atoms with Gasteiger partial charge in [-0.3, -0.25) is 9.48 Å².